The van der Waals surface area contributed by atoms with Gasteiger partial charge in [-0.1, -0.05) is 19.3 Å². The molecule has 0 aromatic carbocycles. The molecule has 0 radical (unpaired) electrons. The zero-order chi connectivity index (χ0) is 14.2. The lowest BCUT2D eigenvalue weighted by atomic mass is 10.0. The van der Waals surface area contributed by atoms with E-state index in [1.807, 2.05) is 0 Å². The van der Waals surface area contributed by atoms with E-state index in [0.29, 0.717) is 19.3 Å². The van der Waals surface area contributed by atoms with Gasteiger partial charge in [-0.05, 0) is 12.8 Å². The Morgan fingerprint density at radius 2 is 1.47 bits per heavy atom. The highest BCUT2D eigenvalue weighted by molar-refractivity contribution is 7.85. The van der Waals surface area contributed by atoms with E-state index in [2.05, 4.69) is 0 Å². The Morgan fingerprint density at radius 3 is 1.95 bits per heavy atom. The van der Waals surface area contributed by atoms with Crippen molar-refractivity contribution < 1.29 is 30.5 Å². The predicted molar refractivity (Wildman–Crippen MR) is 65.2 cm³/mol. The first kappa shape index (κ1) is 20.9. The molecule has 4 N–H and O–H groups in total. The van der Waals surface area contributed by atoms with Crippen molar-refractivity contribution in [3.05, 3.63) is 0 Å². The number of rotatable bonds is 10. The predicted octanol–water partition coefficient (Wildman–Crippen LogP) is 2.97. The molecule has 9 heteroatoms. The second kappa shape index (κ2) is 10.4. The molecule has 0 aromatic heterocycles. The van der Waals surface area contributed by atoms with Crippen LogP contribution in [0.5, 0.6) is 0 Å². The van der Waals surface area contributed by atoms with Gasteiger partial charge in [-0.3, -0.25) is 8.94 Å². The molecule has 0 heterocycles. The summed E-state index contributed by atoms with van der Waals surface area (Å²) in [6.45, 7) is -0.467. The summed E-state index contributed by atoms with van der Waals surface area (Å²) in [4.78, 5) is 0. The van der Waals surface area contributed by atoms with Gasteiger partial charge in [-0.25, -0.2) is 13.2 Å². The molecule has 19 heavy (non-hydrogen) atoms. The van der Waals surface area contributed by atoms with Crippen molar-refractivity contribution in [2.24, 2.45) is 0 Å². The number of halogens is 4. The topological polar surface area (TPSA) is 89.4 Å². The van der Waals surface area contributed by atoms with Crippen LogP contribution in [0.2, 0.25) is 0 Å². The van der Waals surface area contributed by atoms with Crippen LogP contribution < -0.4 is 6.15 Å². The van der Waals surface area contributed by atoms with Crippen molar-refractivity contribution in [3.8, 4) is 0 Å². The van der Waals surface area contributed by atoms with Crippen molar-refractivity contribution >= 4 is 10.1 Å². The molecule has 3 unspecified atom stereocenters. The van der Waals surface area contributed by atoms with Gasteiger partial charge in [0.2, 0.25) is 0 Å². The molecule has 3 atom stereocenters. The van der Waals surface area contributed by atoms with Crippen LogP contribution in [0.4, 0.5) is 17.6 Å². The molecule has 0 saturated carbocycles. The number of alkyl halides is 4. The summed E-state index contributed by atoms with van der Waals surface area (Å²) in [6.07, 6.45) is -5.85. The molecule has 0 fully saturated rings. The number of hydrogen-bond donors (Lipinski definition) is 2. The third-order valence-corrected chi connectivity index (χ3v) is 3.16. The lowest BCUT2D eigenvalue weighted by Crippen LogP contribution is -2.33. The van der Waals surface area contributed by atoms with Crippen LogP contribution >= 0.6 is 0 Å². The lowest BCUT2D eigenvalue weighted by Gasteiger charge is -2.16. The molecule has 0 aliphatic heterocycles. The molecule has 118 valence electrons. The van der Waals surface area contributed by atoms with E-state index in [9.17, 15) is 26.0 Å². The van der Waals surface area contributed by atoms with Crippen LogP contribution in [0.1, 0.15) is 32.1 Å². The Labute approximate surface area is 110 Å². The van der Waals surface area contributed by atoms with Crippen molar-refractivity contribution in [2.45, 2.75) is 50.6 Å². The molecule has 0 aliphatic rings. The van der Waals surface area contributed by atoms with Gasteiger partial charge in [-0.2, -0.15) is 8.42 Å². The highest BCUT2D eigenvalue weighted by Gasteiger charge is 2.32. The first-order chi connectivity index (χ1) is 8.28. The van der Waals surface area contributed by atoms with E-state index < -0.39 is 41.1 Å². The minimum atomic E-state index is -4.66. The SMILES string of the molecule is N.O=S(=O)(O)CC(F)C(F)C(F)CCCCCCF. The molecule has 0 saturated heterocycles. The number of unbranched alkanes of at least 4 members (excludes halogenated alkanes) is 3. The van der Waals surface area contributed by atoms with Crippen LogP contribution in [0.15, 0.2) is 0 Å². The van der Waals surface area contributed by atoms with Gasteiger partial charge in [0.05, 0.1) is 6.67 Å². The van der Waals surface area contributed by atoms with Gasteiger partial charge in [0, 0.05) is 0 Å². The maximum absolute atomic E-state index is 13.2. The van der Waals surface area contributed by atoms with E-state index in [0.717, 1.165) is 0 Å². The van der Waals surface area contributed by atoms with E-state index in [1.54, 1.807) is 0 Å². The zero-order valence-corrected chi connectivity index (χ0v) is 11.4. The van der Waals surface area contributed by atoms with Crippen molar-refractivity contribution in [1.82, 2.24) is 6.15 Å². The summed E-state index contributed by atoms with van der Waals surface area (Å²) >= 11 is 0. The van der Waals surface area contributed by atoms with Crippen LogP contribution in [-0.2, 0) is 10.1 Å². The molecular weight excluding hydrogens is 290 g/mol. The summed E-state index contributed by atoms with van der Waals surface area (Å²) in [7, 11) is -4.66. The van der Waals surface area contributed by atoms with E-state index in [-0.39, 0.29) is 19.0 Å². The third-order valence-electron chi connectivity index (χ3n) is 2.42. The van der Waals surface area contributed by atoms with Gasteiger partial charge >= 0.3 is 0 Å². The molecule has 0 amide bonds. The normalized spacial score (nSPS) is 16.5. The van der Waals surface area contributed by atoms with Crippen LogP contribution in [0.25, 0.3) is 0 Å². The summed E-state index contributed by atoms with van der Waals surface area (Å²) in [5.41, 5.74) is 0. The highest BCUT2D eigenvalue weighted by Crippen LogP contribution is 2.19. The first-order valence-corrected chi connectivity index (χ1v) is 7.32. The Balaban J connectivity index is 0. The zero-order valence-electron chi connectivity index (χ0n) is 10.6. The van der Waals surface area contributed by atoms with Gasteiger partial charge in [-0.15, -0.1) is 0 Å². The fourth-order valence-electron chi connectivity index (χ4n) is 1.47. The van der Waals surface area contributed by atoms with Crippen molar-refractivity contribution in [3.63, 3.8) is 0 Å². The maximum Gasteiger partial charge on any atom is 0.267 e. The number of hydrogen-bond acceptors (Lipinski definition) is 3. The summed E-state index contributed by atoms with van der Waals surface area (Å²) < 4.78 is 79.8. The molecule has 0 rings (SSSR count). The van der Waals surface area contributed by atoms with Crippen LogP contribution in [0.3, 0.4) is 0 Å². The highest BCUT2D eigenvalue weighted by atomic mass is 32.2. The van der Waals surface area contributed by atoms with Gasteiger partial charge < -0.3 is 6.15 Å². The smallest absolute Gasteiger partial charge is 0.267 e. The van der Waals surface area contributed by atoms with Crippen LogP contribution in [0, 0.1) is 0 Å². The molecular formula is C10H21F4NO3S. The van der Waals surface area contributed by atoms with Crippen molar-refractivity contribution in [2.75, 3.05) is 12.4 Å². The first-order valence-electron chi connectivity index (χ1n) is 5.71. The average Bonchev–Trinajstić information content (AvgIpc) is 2.25. The monoisotopic (exact) mass is 311 g/mol. The molecule has 0 aromatic rings. The fraction of sp³-hybridized carbons (Fsp3) is 1.00. The molecule has 0 spiro atoms. The fourth-order valence-corrected chi connectivity index (χ4v) is 2.05. The molecule has 0 aliphatic carbocycles. The average molecular weight is 311 g/mol. The Morgan fingerprint density at radius 1 is 0.947 bits per heavy atom. The van der Waals surface area contributed by atoms with Gasteiger partial charge in [0.1, 0.15) is 11.9 Å². The second-order valence-corrected chi connectivity index (χ2v) is 5.61. The summed E-state index contributed by atoms with van der Waals surface area (Å²) in [5, 5.41) is 0. The largest absolute Gasteiger partial charge is 0.344 e. The van der Waals surface area contributed by atoms with Crippen molar-refractivity contribution in [1.29, 1.82) is 0 Å². The van der Waals surface area contributed by atoms with Crippen LogP contribution in [-0.4, -0.2) is 43.9 Å². The Bertz CT molecular complexity index is 316. The van der Waals surface area contributed by atoms with Gasteiger partial charge in [0.25, 0.3) is 10.1 Å². The van der Waals surface area contributed by atoms with E-state index >= 15 is 0 Å². The summed E-state index contributed by atoms with van der Waals surface area (Å²) in [5.74, 6) is -1.45. The second-order valence-electron chi connectivity index (χ2n) is 4.12. The standard InChI is InChI=1S/C10H18F4O3S.H3N/c11-6-4-2-1-3-5-8(12)10(14)9(13)7-18(15,16)17;/h8-10H,1-7H2,(H,15,16,17);1H3. The third kappa shape index (κ3) is 11.1. The van der Waals surface area contributed by atoms with Gasteiger partial charge in [0.15, 0.2) is 12.3 Å². The molecule has 0 bridgehead atoms. The van der Waals surface area contributed by atoms with E-state index in [4.69, 9.17) is 4.55 Å². The minimum absolute atomic E-state index is 0. The Hall–Kier alpha value is -0.410. The van der Waals surface area contributed by atoms with E-state index in [1.165, 1.54) is 0 Å². The lowest BCUT2D eigenvalue weighted by molar-refractivity contribution is 0.0853. The maximum atomic E-state index is 13.2. The molecule has 4 nitrogen and oxygen atoms in total. The summed E-state index contributed by atoms with van der Waals surface area (Å²) in [6, 6.07) is 0. The quantitative estimate of drug-likeness (QED) is 0.369. The minimum Gasteiger partial charge on any atom is -0.344 e. The Kier molecular flexibility index (Phi) is 11.4.